The number of thiazole rings is 2. The summed E-state index contributed by atoms with van der Waals surface area (Å²) >= 11 is 3.31. The van der Waals surface area contributed by atoms with Crippen molar-refractivity contribution in [2.45, 2.75) is 13.2 Å². The van der Waals surface area contributed by atoms with E-state index in [2.05, 4.69) is 15.3 Å². The normalized spacial score (nSPS) is 10.9. The third kappa shape index (κ3) is 2.46. The summed E-state index contributed by atoms with van der Waals surface area (Å²) < 4.78 is 5.15. The minimum atomic E-state index is 0.562. The molecule has 6 heteroatoms. The van der Waals surface area contributed by atoms with Gasteiger partial charge >= 0.3 is 0 Å². The highest BCUT2D eigenvalue weighted by molar-refractivity contribution is 7.20. The summed E-state index contributed by atoms with van der Waals surface area (Å²) in [4.78, 5) is 11.0. The Bertz CT molecular complexity index is 415. The summed E-state index contributed by atoms with van der Waals surface area (Å²) in [7, 11) is 3.62. The number of aromatic nitrogens is 2. The second-order valence-corrected chi connectivity index (χ2v) is 5.19. The quantitative estimate of drug-likeness (QED) is 0.889. The molecule has 2 aromatic heterocycles. The molecule has 0 atom stereocenters. The van der Waals surface area contributed by atoms with E-state index in [0.717, 1.165) is 22.1 Å². The summed E-state index contributed by atoms with van der Waals surface area (Å²) in [5.74, 6) is 0. The van der Waals surface area contributed by atoms with Gasteiger partial charge in [0, 0.05) is 24.7 Å². The molecule has 86 valence electrons. The van der Waals surface area contributed by atoms with Crippen molar-refractivity contribution < 1.29 is 4.74 Å². The Balaban J connectivity index is 2.30. The van der Waals surface area contributed by atoms with Gasteiger partial charge in [-0.15, -0.1) is 22.7 Å². The van der Waals surface area contributed by atoms with Gasteiger partial charge in [0.25, 0.3) is 0 Å². The maximum absolute atomic E-state index is 5.15. The largest absolute Gasteiger partial charge is 0.378 e. The van der Waals surface area contributed by atoms with Gasteiger partial charge in [0.1, 0.15) is 5.01 Å². The van der Waals surface area contributed by atoms with E-state index in [1.165, 1.54) is 4.88 Å². The van der Waals surface area contributed by atoms with Crippen LogP contribution in [0.2, 0.25) is 0 Å². The molecule has 0 saturated carbocycles. The van der Waals surface area contributed by atoms with Crippen LogP contribution in [0.15, 0.2) is 11.7 Å². The molecule has 0 unspecified atom stereocenters. The van der Waals surface area contributed by atoms with Gasteiger partial charge in [0.15, 0.2) is 0 Å². The Morgan fingerprint density at radius 3 is 3.00 bits per heavy atom. The molecule has 0 bridgehead atoms. The smallest absolute Gasteiger partial charge is 0.135 e. The monoisotopic (exact) mass is 255 g/mol. The molecule has 0 aliphatic rings. The molecule has 0 fully saturated rings. The van der Waals surface area contributed by atoms with E-state index in [9.17, 15) is 0 Å². The van der Waals surface area contributed by atoms with Crippen molar-refractivity contribution in [3.63, 3.8) is 0 Å². The predicted molar refractivity (Wildman–Crippen MR) is 66.7 cm³/mol. The molecular formula is C10H13N3OS2. The lowest BCUT2D eigenvalue weighted by atomic mass is 10.4. The Labute approximate surface area is 102 Å². The third-order valence-electron chi connectivity index (χ3n) is 2.04. The molecular weight excluding hydrogens is 242 g/mol. The molecule has 16 heavy (non-hydrogen) atoms. The first-order chi connectivity index (χ1) is 7.85. The molecule has 0 radical (unpaired) electrons. The van der Waals surface area contributed by atoms with Crippen LogP contribution < -0.4 is 5.32 Å². The lowest BCUT2D eigenvalue weighted by Crippen LogP contribution is -2.06. The summed E-state index contributed by atoms with van der Waals surface area (Å²) in [5, 5.41) is 4.17. The topological polar surface area (TPSA) is 47.0 Å². The van der Waals surface area contributed by atoms with Crippen LogP contribution in [0.5, 0.6) is 0 Å². The summed E-state index contributed by atoms with van der Waals surface area (Å²) in [6.07, 6.45) is 1.85. The zero-order valence-corrected chi connectivity index (χ0v) is 10.8. The second-order valence-electron chi connectivity index (χ2n) is 3.22. The molecule has 1 N–H and O–H groups in total. The number of ether oxygens (including phenoxy) is 1. The van der Waals surface area contributed by atoms with Crippen molar-refractivity contribution in [2.75, 3.05) is 14.2 Å². The number of rotatable bonds is 5. The number of methoxy groups -OCH3 is 1. The molecule has 0 aromatic carbocycles. The van der Waals surface area contributed by atoms with Gasteiger partial charge < -0.3 is 10.1 Å². The van der Waals surface area contributed by atoms with E-state index in [1.54, 1.807) is 29.8 Å². The van der Waals surface area contributed by atoms with Crippen LogP contribution in [-0.2, 0) is 17.9 Å². The summed E-state index contributed by atoms with van der Waals surface area (Å²) in [6, 6.07) is 0. The van der Waals surface area contributed by atoms with E-state index in [4.69, 9.17) is 4.74 Å². The molecule has 2 aromatic rings. The average molecular weight is 255 g/mol. The molecule has 0 aliphatic heterocycles. The van der Waals surface area contributed by atoms with Gasteiger partial charge in [0.05, 0.1) is 22.7 Å². The highest BCUT2D eigenvalue weighted by Crippen LogP contribution is 2.30. The van der Waals surface area contributed by atoms with Crippen LogP contribution in [0.3, 0.4) is 0 Å². The number of nitrogens with zero attached hydrogens (tertiary/aromatic N) is 2. The van der Waals surface area contributed by atoms with Crippen LogP contribution in [0.4, 0.5) is 0 Å². The van der Waals surface area contributed by atoms with Gasteiger partial charge in [-0.3, -0.25) is 4.98 Å². The molecule has 0 aliphatic carbocycles. The van der Waals surface area contributed by atoms with Crippen LogP contribution >= 0.6 is 22.7 Å². The first-order valence-corrected chi connectivity index (χ1v) is 6.55. The highest BCUT2D eigenvalue weighted by atomic mass is 32.1. The van der Waals surface area contributed by atoms with Crippen LogP contribution in [-0.4, -0.2) is 24.1 Å². The first-order valence-electron chi connectivity index (χ1n) is 4.86. The lowest BCUT2D eigenvalue weighted by Gasteiger charge is -1.98. The second kappa shape index (κ2) is 5.49. The van der Waals surface area contributed by atoms with Crippen LogP contribution in [0.1, 0.15) is 10.6 Å². The maximum atomic E-state index is 5.15. The fraction of sp³-hybridized carbons (Fsp3) is 0.400. The lowest BCUT2D eigenvalue weighted by molar-refractivity contribution is 0.181. The Morgan fingerprint density at radius 2 is 2.38 bits per heavy atom. The van der Waals surface area contributed by atoms with Crippen LogP contribution in [0.25, 0.3) is 9.88 Å². The fourth-order valence-corrected chi connectivity index (χ4v) is 3.11. The van der Waals surface area contributed by atoms with E-state index in [0.29, 0.717) is 6.61 Å². The Hall–Kier alpha value is -0.820. The van der Waals surface area contributed by atoms with Crippen molar-refractivity contribution in [3.8, 4) is 9.88 Å². The highest BCUT2D eigenvalue weighted by Gasteiger charge is 2.12. The van der Waals surface area contributed by atoms with Crippen molar-refractivity contribution in [3.05, 3.63) is 22.3 Å². The average Bonchev–Trinajstić information content (AvgIpc) is 2.89. The first kappa shape index (κ1) is 11.7. The molecule has 0 spiro atoms. The van der Waals surface area contributed by atoms with E-state index >= 15 is 0 Å². The van der Waals surface area contributed by atoms with E-state index in [-0.39, 0.29) is 0 Å². The number of hydrogen-bond donors (Lipinski definition) is 1. The molecule has 0 amide bonds. The fourth-order valence-electron chi connectivity index (χ4n) is 1.36. The van der Waals surface area contributed by atoms with Crippen molar-refractivity contribution in [1.29, 1.82) is 0 Å². The van der Waals surface area contributed by atoms with Crippen LogP contribution in [0, 0.1) is 0 Å². The standard InChI is InChI=1S/C10H13N3OS2/c1-11-3-8-7(5-14-2)13-10(16-8)9-4-12-6-15-9/h4,6,11H,3,5H2,1-2H3. The minimum Gasteiger partial charge on any atom is -0.378 e. The van der Waals surface area contributed by atoms with Gasteiger partial charge in [-0.2, -0.15) is 0 Å². The summed E-state index contributed by atoms with van der Waals surface area (Å²) in [5.41, 5.74) is 2.84. The molecule has 2 heterocycles. The zero-order chi connectivity index (χ0) is 11.4. The zero-order valence-electron chi connectivity index (χ0n) is 9.19. The van der Waals surface area contributed by atoms with Crippen molar-refractivity contribution in [2.24, 2.45) is 0 Å². The summed E-state index contributed by atoms with van der Waals surface area (Å²) in [6.45, 7) is 1.39. The predicted octanol–water partition coefficient (Wildman–Crippen LogP) is 2.13. The Morgan fingerprint density at radius 1 is 1.50 bits per heavy atom. The number of hydrogen-bond acceptors (Lipinski definition) is 6. The van der Waals surface area contributed by atoms with Crippen molar-refractivity contribution >= 4 is 22.7 Å². The molecule has 4 nitrogen and oxygen atoms in total. The maximum Gasteiger partial charge on any atom is 0.135 e. The van der Waals surface area contributed by atoms with Gasteiger partial charge in [0.2, 0.25) is 0 Å². The Kier molecular flexibility index (Phi) is 4.00. The van der Waals surface area contributed by atoms with Gasteiger partial charge in [-0.05, 0) is 7.05 Å². The van der Waals surface area contributed by atoms with Crippen molar-refractivity contribution in [1.82, 2.24) is 15.3 Å². The van der Waals surface area contributed by atoms with Gasteiger partial charge in [-0.1, -0.05) is 0 Å². The number of nitrogens with one attached hydrogen (secondary N) is 1. The SMILES string of the molecule is CNCc1sc(-c2cncs2)nc1COC. The molecule has 0 saturated heterocycles. The van der Waals surface area contributed by atoms with E-state index < -0.39 is 0 Å². The molecule has 2 rings (SSSR count). The minimum absolute atomic E-state index is 0.562. The van der Waals surface area contributed by atoms with E-state index in [1.807, 2.05) is 18.8 Å². The van der Waals surface area contributed by atoms with Gasteiger partial charge in [-0.25, -0.2) is 4.98 Å². The third-order valence-corrected chi connectivity index (χ3v) is 4.08.